The van der Waals surface area contributed by atoms with Crippen LogP contribution in [0.1, 0.15) is 0 Å². The lowest BCUT2D eigenvalue weighted by Crippen LogP contribution is -2.28. The largest absolute Gasteiger partial charge is 0.478 e. The zero-order valence-corrected chi connectivity index (χ0v) is 6.23. The topological polar surface area (TPSA) is 92.7 Å². The first kappa shape index (κ1) is 10.2. The summed E-state index contributed by atoms with van der Waals surface area (Å²) in [5.74, 6) is -2.11. The number of carboxylic acids is 1. The highest BCUT2D eigenvalue weighted by atomic mass is 16.5. The van der Waals surface area contributed by atoms with E-state index in [0.717, 1.165) is 7.11 Å². The molecule has 0 fully saturated rings. The van der Waals surface area contributed by atoms with Crippen LogP contribution in [-0.2, 0) is 14.3 Å². The molecule has 0 aliphatic carbocycles. The average molecular weight is 173 g/mol. The molecule has 0 radical (unpaired) electrons. The molecule has 0 aromatic rings. The number of aliphatic carboxylic acids is 1. The monoisotopic (exact) mass is 173 g/mol. The summed E-state index contributed by atoms with van der Waals surface area (Å²) in [6, 6.07) is 0. The lowest BCUT2D eigenvalue weighted by molar-refractivity contribution is -0.131. The van der Waals surface area contributed by atoms with E-state index < -0.39 is 18.0 Å². The Kier molecular flexibility index (Phi) is 4.13. The summed E-state index contributed by atoms with van der Waals surface area (Å²) in [7, 11) is 1.09. The number of imide groups is 1. The van der Waals surface area contributed by atoms with E-state index in [-0.39, 0.29) is 0 Å². The number of alkyl carbamates (subject to hydrolysis) is 1. The van der Waals surface area contributed by atoms with E-state index in [0.29, 0.717) is 12.2 Å². The van der Waals surface area contributed by atoms with Crippen LogP contribution in [0.15, 0.2) is 12.2 Å². The van der Waals surface area contributed by atoms with Crippen molar-refractivity contribution in [2.75, 3.05) is 7.11 Å². The predicted octanol–water partition coefficient (Wildman–Crippen LogP) is -0.490. The van der Waals surface area contributed by atoms with Crippen LogP contribution in [0.5, 0.6) is 0 Å². The summed E-state index contributed by atoms with van der Waals surface area (Å²) in [5.41, 5.74) is 0. The second-order valence-electron chi connectivity index (χ2n) is 1.65. The van der Waals surface area contributed by atoms with Gasteiger partial charge in [-0.1, -0.05) is 0 Å². The molecule has 6 nitrogen and oxygen atoms in total. The number of rotatable bonds is 2. The molecule has 0 spiro atoms. The van der Waals surface area contributed by atoms with E-state index in [1.807, 2.05) is 0 Å². The van der Waals surface area contributed by atoms with Crippen LogP contribution < -0.4 is 5.32 Å². The number of amides is 2. The van der Waals surface area contributed by atoms with Gasteiger partial charge in [-0.3, -0.25) is 10.1 Å². The van der Waals surface area contributed by atoms with Gasteiger partial charge in [0, 0.05) is 12.2 Å². The van der Waals surface area contributed by atoms with Crippen molar-refractivity contribution in [1.29, 1.82) is 0 Å². The Balaban J connectivity index is 3.90. The normalized spacial score (nSPS) is 9.42. The number of nitrogens with one attached hydrogen (secondary N) is 1. The van der Waals surface area contributed by atoms with Crippen molar-refractivity contribution < 1.29 is 24.2 Å². The minimum Gasteiger partial charge on any atom is -0.478 e. The molecule has 0 aromatic heterocycles. The van der Waals surface area contributed by atoms with Crippen molar-refractivity contribution in [3.63, 3.8) is 0 Å². The first-order valence-electron chi connectivity index (χ1n) is 2.86. The quantitative estimate of drug-likeness (QED) is 0.549. The Labute approximate surface area is 67.8 Å². The fourth-order valence-electron chi connectivity index (χ4n) is 0.340. The highest BCUT2D eigenvalue weighted by Gasteiger charge is 2.02. The lowest BCUT2D eigenvalue weighted by atomic mass is 10.5. The van der Waals surface area contributed by atoms with Crippen molar-refractivity contribution in [3.05, 3.63) is 12.2 Å². The van der Waals surface area contributed by atoms with Crippen molar-refractivity contribution in [1.82, 2.24) is 5.32 Å². The highest BCUT2D eigenvalue weighted by molar-refractivity contribution is 6.01. The maximum absolute atomic E-state index is 10.6. The molecule has 6 heteroatoms. The van der Waals surface area contributed by atoms with Gasteiger partial charge in [0.2, 0.25) is 0 Å². The zero-order chi connectivity index (χ0) is 9.56. The summed E-state index contributed by atoms with van der Waals surface area (Å²) in [6.45, 7) is 0. The summed E-state index contributed by atoms with van der Waals surface area (Å²) in [5, 5.41) is 9.81. The Morgan fingerprint density at radius 1 is 1.33 bits per heavy atom. The summed E-state index contributed by atoms with van der Waals surface area (Å²) < 4.78 is 4.08. The molecule has 66 valence electrons. The smallest absolute Gasteiger partial charge is 0.413 e. The van der Waals surface area contributed by atoms with E-state index >= 15 is 0 Å². The molecule has 0 saturated heterocycles. The van der Waals surface area contributed by atoms with Gasteiger partial charge in [0.25, 0.3) is 5.91 Å². The Morgan fingerprint density at radius 2 is 1.92 bits per heavy atom. The molecule has 0 unspecified atom stereocenters. The van der Waals surface area contributed by atoms with E-state index in [4.69, 9.17) is 5.11 Å². The van der Waals surface area contributed by atoms with Crippen molar-refractivity contribution in [3.8, 4) is 0 Å². The molecule has 0 rings (SSSR count). The van der Waals surface area contributed by atoms with E-state index in [2.05, 4.69) is 4.74 Å². The first-order chi connectivity index (χ1) is 5.56. The zero-order valence-electron chi connectivity index (χ0n) is 6.23. The average Bonchev–Trinajstić information content (AvgIpc) is 2.00. The van der Waals surface area contributed by atoms with Gasteiger partial charge in [-0.15, -0.1) is 0 Å². The second kappa shape index (κ2) is 4.89. The minimum absolute atomic E-state index is 0.609. The number of methoxy groups -OCH3 is 1. The van der Waals surface area contributed by atoms with Gasteiger partial charge in [0.1, 0.15) is 0 Å². The molecule has 0 aliphatic heterocycles. The Bertz CT molecular complexity index is 232. The Morgan fingerprint density at radius 3 is 2.33 bits per heavy atom. The van der Waals surface area contributed by atoms with Crippen LogP contribution in [-0.4, -0.2) is 30.2 Å². The van der Waals surface area contributed by atoms with Gasteiger partial charge in [0.15, 0.2) is 0 Å². The van der Waals surface area contributed by atoms with Gasteiger partial charge < -0.3 is 9.84 Å². The predicted molar refractivity (Wildman–Crippen MR) is 37.3 cm³/mol. The fourth-order valence-corrected chi connectivity index (χ4v) is 0.340. The van der Waals surface area contributed by atoms with Crippen LogP contribution >= 0.6 is 0 Å². The number of hydrogen-bond donors (Lipinski definition) is 2. The third-order valence-corrected chi connectivity index (χ3v) is 0.788. The molecule has 0 atom stereocenters. The number of ether oxygens (including phenoxy) is 1. The van der Waals surface area contributed by atoms with E-state index in [1.165, 1.54) is 0 Å². The van der Waals surface area contributed by atoms with E-state index in [1.54, 1.807) is 5.32 Å². The first-order valence-corrected chi connectivity index (χ1v) is 2.86. The van der Waals surface area contributed by atoms with Crippen LogP contribution in [0.2, 0.25) is 0 Å². The molecule has 12 heavy (non-hydrogen) atoms. The van der Waals surface area contributed by atoms with Crippen LogP contribution in [0.25, 0.3) is 0 Å². The molecule has 2 amide bonds. The van der Waals surface area contributed by atoms with Crippen molar-refractivity contribution in [2.24, 2.45) is 0 Å². The number of hydrogen-bond acceptors (Lipinski definition) is 4. The fraction of sp³-hybridized carbons (Fsp3) is 0.167. The molecular weight excluding hydrogens is 166 g/mol. The summed E-state index contributed by atoms with van der Waals surface area (Å²) in [6.07, 6.45) is 0.382. The van der Waals surface area contributed by atoms with E-state index in [9.17, 15) is 14.4 Å². The van der Waals surface area contributed by atoms with Gasteiger partial charge in [0.05, 0.1) is 7.11 Å². The molecule has 0 saturated carbocycles. The van der Waals surface area contributed by atoms with Crippen molar-refractivity contribution >= 4 is 18.0 Å². The Hall–Kier alpha value is -1.85. The van der Waals surface area contributed by atoms with Crippen LogP contribution in [0.3, 0.4) is 0 Å². The number of carbonyl (C=O) groups excluding carboxylic acids is 2. The number of carboxylic acid groups (broad SMARTS) is 1. The van der Waals surface area contributed by atoms with Gasteiger partial charge in [-0.05, 0) is 0 Å². The minimum atomic E-state index is -1.27. The van der Waals surface area contributed by atoms with Crippen LogP contribution in [0.4, 0.5) is 4.79 Å². The molecular formula is C6H7NO5. The van der Waals surface area contributed by atoms with Gasteiger partial charge >= 0.3 is 12.1 Å². The third kappa shape index (κ3) is 4.98. The molecule has 0 aromatic carbocycles. The maximum atomic E-state index is 10.6. The SMILES string of the molecule is COC(=O)NC(=O)C=CC(=O)O. The van der Waals surface area contributed by atoms with Crippen LogP contribution in [0, 0.1) is 0 Å². The lowest BCUT2D eigenvalue weighted by Gasteiger charge is -1.96. The molecule has 0 aliphatic rings. The maximum Gasteiger partial charge on any atom is 0.413 e. The number of carbonyl (C=O) groups is 3. The summed E-state index contributed by atoms with van der Waals surface area (Å²) >= 11 is 0. The highest BCUT2D eigenvalue weighted by Crippen LogP contribution is 1.76. The molecule has 2 N–H and O–H groups in total. The third-order valence-electron chi connectivity index (χ3n) is 0.788. The van der Waals surface area contributed by atoms with Crippen molar-refractivity contribution in [2.45, 2.75) is 0 Å². The second-order valence-corrected chi connectivity index (χ2v) is 1.65. The molecule has 0 bridgehead atoms. The van der Waals surface area contributed by atoms with Gasteiger partial charge in [-0.2, -0.15) is 0 Å². The standard InChI is InChI=1S/C6H7NO5/c1-12-6(11)7-4(8)2-3-5(9)10/h2-3H,1H3,(H,9,10)(H,7,8,11). The van der Waals surface area contributed by atoms with Gasteiger partial charge in [-0.25, -0.2) is 9.59 Å². The summed E-state index contributed by atoms with van der Waals surface area (Å²) in [4.78, 5) is 30.8. The molecule has 0 heterocycles.